The van der Waals surface area contributed by atoms with E-state index in [-0.39, 0.29) is 16.7 Å². The summed E-state index contributed by atoms with van der Waals surface area (Å²) in [5, 5.41) is 0.0303. The van der Waals surface area contributed by atoms with Crippen LogP contribution in [0.25, 0.3) is 0 Å². The zero-order valence-electron chi connectivity index (χ0n) is 11.1. The Balaban J connectivity index is 1.80. The van der Waals surface area contributed by atoms with Gasteiger partial charge in [-0.25, -0.2) is 0 Å². The number of rotatable bonds is 3. The van der Waals surface area contributed by atoms with Gasteiger partial charge in [-0.3, -0.25) is 4.79 Å². The van der Waals surface area contributed by atoms with Crippen LogP contribution in [0.3, 0.4) is 0 Å². The number of ketones is 1. The van der Waals surface area contributed by atoms with Gasteiger partial charge in [0.05, 0.1) is 18.5 Å². The van der Waals surface area contributed by atoms with Gasteiger partial charge >= 0.3 is 0 Å². The minimum Gasteiger partial charge on any atom is -0.329 e. The molecule has 2 rings (SSSR count). The molecule has 0 spiro atoms. The number of alkyl halides is 2. The predicted molar refractivity (Wildman–Crippen MR) is 75.6 cm³/mol. The quantitative estimate of drug-likeness (QED) is 0.788. The Morgan fingerprint density at radius 1 is 1.22 bits per heavy atom. The van der Waals surface area contributed by atoms with Crippen molar-refractivity contribution in [2.45, 2.75) is 49.8 Å². The van der Waals surface area contributed by atoms with E-state index >= 15 is 0 Å². The van der Waals surface area contributed by atoms with Crippen LogP contribution in [0.15, 0.2) is 0 Å². The van der Waals surface area contributed by atoms with E-state index in [1.807, 2.05) is 0 Å². The minimum absolute atomic E-state index is 0.0235. The third-order valence-corrected chi connectivity index (χ3v) is 5.57. The zero-order chi connectivity index (χ0) is 13.1. The van der Waals surface area contributed by atoms with E-state index in [9.17, 15) is 4.79 Å². The average molecular weight is 293 g/mol. The summed E-state index contributed by atoms with van der Waals surface area (Å²) < 4.78 is 0. The summed E-state index contributed by atoms with van der Waals surface area (Å²) in [6, 6.07) is 0. The second-order valence-electron chi connectivity index (χ2n) is 6.14. The molecule has 1 N–H and O–H groups in total. The smallest absolute Gasteiger partial charge is 0.189 e. The maximum atomic E-state index is 12.3. The van der Waals surface area contributed by atoms with Gasteiger partial charge in [0.15, 0.2) is 5.78 Å². The van der Waals surface area contributed by atoms with Gasteiger partial charge in [-0.15, -0.1) is 23.2 Å². The molecule has 18 heavy (non-hydrogen) atoms. The summed E-state index contributed by atoms with van der Waals surface area (Å²) in [6.45, 7) is 5.30. The van der Waals surface area contributed by atoms with E-state index < -0.39 is 0 Å². The Morgan fingerprint density at radius 2 is 2.00 bits per heavy atom. The van der Waals surface area contributed by atoms with Crippen molar-refractivity contribution in [3.8, 4) is 0 Å². The summed E-state index contributed by atoms with van der Waals surface area (Å²) in [5.41, 5.74) is 0. The molecule has 2 nitrogen and oxygen atoms in total. The molecule has 0 aromatic rings. The van der Waals surface area contributed by atoms with Crippen molar-refractivity contribution < 1.29 is 9.69 Å². The number of hydrogen-bond donors (Lipinski definition) is 1. The number of halogens is 2. The number of Topliss-reactive ketones (excluding diaryl/α,β-unsaturated/α-hetero) is 1. The van der Waals surface area contributed by atoms with Crippen LogP contribution in [0.2, 0.25) is 0 Å². The molecular weight excluding hydrogens is 269 g/mol. The molecule has 1 aliphatic heterocycles. The van der Waals surface area contributed by atoms with E-state index in [1.165, 1.54) is 17.7 Å². The summed E-state index contributed by atoms with van der Waals surface area (Å²) in [6.07, 6.45) is 5.17. The summed E-state index contributed by atoms with van der Waals surface area (Å²) >= 11 is 12.3. The monoisotopic (exact) mass is 292 g/mol. The molecule has 1 aliphatic carbocycles. The van der Waals surface area contributed by atoms with E-state index in [0.29, 0.717) is 12.3 Å². The first-order valence-electron chi connectivity index (χ1n) is 7.20. The Morgan fingerprint density at radius 3 is 2.67 bits per heavy atom. The molecule has 5 atom stereocenters. The van der Waals surface area contributed by atoms with Crippen LogP contribution >= 0.6 is 23.2 Å². The number of hydrogen-bond acceptors (Lipinski definition) is 1. The second-order valence-corrected chi connectivity index (χ2v) is 7.26. The first-order valence-corrected chi connectivity index (χ1v) is 8.08. The lowest BCUT2D eigenvalue weighted by molar-refractivity contribution is -0.900. The van der Waals surface area contributed by atoms with E-state index in [1.54, 1.807) is 0 Å². The van der Waals surface area contributed by atoms with Crippen molar-refractivity contribution in [3.63, 3.8) is 0 Å². The summed E-state index contributed by atoms with van der Waals surface area (Å²) in [4.78, 5) is 13.8. The molecule has 0 bridgehead atoms. The van der Waals surface area contributed by atoms with Crippen molar-refractivity contribution in [3.05, 3.63) is 0 Å². The molecule has 1 saturated heterocycles. The lowest BCUT2D eigenvalue weighted by Gasteiger charge is -2.31. The molecule has 2 aliphatic rings. The maximum Gasteiger partial charge on any atom is 0.189 e. The fourth-order valence-corrected chi connectivity index (χ4v) is 3.89. The van der Waals surface area contributed by atoms with Gasteiger partial charge in [-0.05, 0) is 32.1 Å². The number of piperidine rings is 1. The molecule has 0 aromatic carbocycles. The predicted octanol–water partition coefficient (Wildman–Crippen LogP) is 1.89. The van der Waals surface area contributed by atoms with Crippen LogP contribution in [0, 0.1) is 11.8 Å². The Labute approximate surface area is 120 Å². The fraction of sp³-hybridized carbons (Fsp3) is 0.929. The van der Waals surface area contributed by atoms with Gasteiger partial charge in [-0.1, -0.05) is 6.92 Å². The van der Waals surface area contributed by atoms with Crippen LogP contribution in [-0.2, 0) is 4.79 Å². The fourth-order valence-electron chi connectivity index (χ4n) is 3.32. The van der Waals surface area contributed by atoms with Crippen molar-refractivity contribution in [1.82, 2.24) is 0 Å². The Hall–Kier alpha value is 0.210. The van der Waals surface area contributed by atoms with Crippen LogP contribution in [0.4, 0.5) is 0 Å². The first kappa shape index (κ1) is 14.6. The SMILES string of the molecule is CC1CCC[NH+](CC(=O)C2CCC(Cl)C(Cl)C2)C1. The van der Waals surface area contributed by atoms with Gasteiger partial charge in [0.1, 0.15) is 6.54 Å². The average Bonchev–Trinajstić information content (AvgIpc) is 2.32. The maximum absolute atomic E-state index is 12.3. The van der Waals surface area contributed by atoms with E-state index in [0.717, 1.165) is 38.3 Å². The van der Waals surface area contributed by atoms with Gasteiger partial charge in [-0.2, -0.15) is 0 Å². The highest BCUT2D eigenvalue weighted by molar-refractivity contribution is 6.30. The van der Waals surface area contributed by atoms with Crippen LogP contribution in [0.5, 0.6) is 0 Å². The number of quaternary nitrogens is 1. The topological polar surface area (TPSA) is 21.5 Å². The highest BCUT2D eigenvalue weighted by Gasteiger charge is 2.33. The first-order chi connectivity index (χ1) is 8.56. The molecule has 4 heteroatoms. The van der Waals surface area contributed by atoms with E-state index in [4.69, 9.17) is 23.2 Å². The van der Waals surface area contributed by atoms with Crippen LogP contribution in [0.1, 0.15) is 39.0 Å². The number of nitrogens with one attached hydrogen (secondary N) is 1. The largest absolute Gasteiger partial charge is 0.329 e. The van der Waals surface area contributed by atoms with Crippen molar-refractivity contribution in [2.24, 2.45) is 11.8 Å². The second kappa shape index (κ2) is 6.58. The van der Waals surface area contributed by atoms with Crippen LogP contribution < -0.4 is 4.90 Å². The zero-order valence-corrected chi connectivity index (χ0v) is 12.6. The van der Waals surface area contributed by atoms with Crippen molar-refractivity contribution in [2.75, 3.05) is 19.6 Å². The highest BCUT2D eigenvalue weighted by atomic mass is 35.5. The van der Waals surface area contributed by atoms with Crippen LogP contribution in [-0.4, -0.2) is 36.2 Å². The summed E-state index contributed by atoms with van der Waals surface area (Å²) in [7, 11) is 0. The molecule has 1 saturated carbocycles. The van der Waals surface area contributed by atoms with E-state index in [2.05, 4.69) is 6.92 Å². The molecule has 0 aromatic heterocycles. The molecular formula is C14H24Cl2NO+. The molecule has 104 valence electrons. The molecule has 1 heterocycles. The van der Waals surface area contributed by atoms with Gasteiger partial charge in [0.2, 0.25) is 0 Å². The molecule has 2 fully saturated rings. The summed E-state index contributed by atoms with van der Waals surface area (Å²) in [5.74, 6) is 1.33. The lowest BCUT2D eigenvalue weighted by Crippen LogP contribution is -3.14. The lowest BCUT2D eigenvalue weighted by atomic mass is 9.85. The van der Waals surface area contributed by atoms with Crippen molar-refractivity contribution >= 4 is 29.0 Å². The molecule has 0 amide bonds. The normalized spacial score (nSPS) is 41.6. The Bertz CT molecular complexity index is 298. The number of carbonyl (C=O) groups excluding carboxylic acids is 1. The van der Waals surface area contributed by atoms with Gasteiger partial charge in [0, 0.05) is 17.2 Å². The molecule has 0 radical (unpaired) electrons. The Kier molecular flexibility index (Phi) is 5.35. The van der Waals surface area contributed by atoms with Crippen molar-refractivity contribution in [1.29, 1.82) is 0 Å². The minimum atomic E-state index is -0.0235. The number of carbonyl (C=O) groups is 1. The third-order valence-electron chi connectivity index (χ3n) is 4.44. The third kappa shape index (κ3) is 3.85. The van der Waals surface area contributed by atoms with Gasteiger partial charge in [0.25, 0.3) is 0 Å². The van der Waals surface area contributed by atoms with Gasteiger partial charge < -0.3 is 4.90 Å². The highest BCUT2D eigenvalue weighted by Crippen LogP contribution is 2.31. The molecule has 5 unspecified atom stereocenters. The standard InChI is InChI=1S/C14H23Cl2NO/c1-10-3-2-6-17(8-10)9-14(18)11-4-5-12(15)13(16)7-11/h10-13H,2-9H2,1H3/p+1. The number of likely N-dealkylation sites (tertiary alicyclic amines) is 1.